The zero-order valence-electron chi connectivity index (χ0n) is 18.8. The lowest BCUT2D eigenvalue weighted by Gasteiger charge is -2.27. The van der Waals surface area contributed by atoms with Gasteiger partial charge in [-0.15, -0.1) is 0 Å². The van der Waals surface area contributed by atoms with Gasteiger partial charge in [0.2, 0.25) is 5.91 Å². The van der Waals surface area contributed by atoms with Crippen LogP contribution in [0.4, 0.5) is 0 Å². The number of H-pyrrole nitrogens is 1. The summed E-state index contributed by atoms with van der Waals surface area (Å²) in [5, 5.41) is 5.77. The zero-order valence-corrected chi connectivity index (χ0v) is 18.8. The van der Waals surface area contributed by atoms with E-state index in [4.69, 9.17) is 14.5 Å². The van der Waals surface area contributed by atoms with Crippen molar-refractivity contribution < 1.29 is 19.1 Å². The lowest BCUT2D eigenvalue weighted by molar-refractivity contribution is -0.130. The molecule has 8 heteroatoms. The molecule has 8 nitrogen and oxygen atoms in total. The average Bonchev–Trinajstić information content (AvgIpc) is 3.53. The fraction of sp³-hybridized carbons (Fsp3) is 0.542. The molecule has 2 aromatic rings. The first-order valence-electron chi connectivity index (χ1n) is 11.4. The highest BCUT2D eigenvalue weighted by atomic mass is 16.5. The fourth-order valence-corrected chi connectivity index (χ4v) is 4.62. The van der Waals surface area contributed by atoms with Crippen LogP contribution in [-0.4, -0.2) is 55.2 Å². The summed E-state index contributed by atoms with van der Waals surface area (Å²) in [4.78, 5) is 32.8. The van der Waals surface area contributed by atoms with E-state index in [0.717, 1.165) is 55.7 Å². The number of rotatable bonds is 7. The van der Waals surface area contributed by atoms with Crippen molar-refractivity contribution in [2.45, 2.75) is 50.5 Å². The van der Waals surface area contributed by atoms with Crippen LogP contribution in [-0.2, 0) is 9.53 Å². The molecule has 0 unspecified atom stereocenters. The maximum Gasteiger partial charge on any atom is 0.269 e. The molecule has 2 amide bonds. The summed E-state index contributed by atoms with van der Waals surface area (Å²) in [5.74, 6) is 2.20. The highest BCUT2D eigenvalue weighted by Crippen LogP contribution is 2.36. The topological polar surface area (TPSA) is 105 Å². The number of imidazole rings is 1. The molecule has 2 heterocycles. The van der Waals surface area contributed by atoms with Gasteiger partial charge < -0.3 is 25.1 Å². The van der Waals surface area contributed by atoms with Crippen LogP contribution >= 0.6 is 0 Å². The first-order valence-corrected chi connectivity index (χ1v) is 11.4. The quantitative estimate of drug-likeness (QED) is 0.614. The zero-order chi connectivity index (χ0) is 22.5. The number of nitrogens with zero attached hydrogens (tertiary/aromatic N) is 1. The smallest absolute Gasteiger partial charge is 0.269 e. The van der Waals surface area contributed by atoms with E-state index in [1.165, 1.54) is 0 Å². The summed E-state index contributed by atoms with van der Waals surface area (Å²) >= 11 is 0. The lowest BCUT2D eigenvalue weighted by Crippen LogP contribution is -2.37. The standard InChI is InChI=1S/C24H32N4O4/c1-25-24(30)21-20(16-9-11-18(31-2)12-10-16)27-22(28-21)17-7-5-15(6-8-17)14-26-23(29)19-4-3-13-32-19/h9-12,15,17,19H,3-8,13-14H2,1-2H3,(H,25,30)(H,26,29)(H,27,28)/t15?,17?,19-/m0/s1. The van der Waals surface area contributed by atoms with E-state index in [2.05, 4.69) is 15.6 Å². The van der Waals surface area contributed by atoms with Gasteiger partial charge in [0.25, 0.3) is 5.91 Å². The van der Waals surface area contributed by atoms with Crippen molar-refractivity contribution in [3.05, 3.63) is 35.8 Å². The largest absolute Gasteiger partial charge is 0.497 e. The van der Waals surface area contributed by atoms with Gasteiger partial charge in [-0.1, -0.05) is 0 Å². The predicted octanol–water partition coefficient (Wildman–Crippen LogP) is 3.01. The van der Waals surface area contributed by atoms with Crippen molar-refractivity contribution in [2.75, 3.05) is 27.3 Å². The number of benzene rings is 1. The van der Waals surface area contributed by atoms with Gasteiger partial charge in [0.1, 0.15) is 29.1 Å². The molecule has 3 N–H and O–H groups in total. The summed E-state index contributed by atoms with van der Waals surface area (Å²) in [6, 6.07) is 7.57. The Hall–Kier alpha value is -2.87. The van der Waals surface area contributed by atoms with E-state index in [-0.39, 0.29) is 23.8 Å². The summed E-state index contributed by atoms with van der Waals surface area (Å²) in [6.45, 7) is 1.38. The summed E-state index contributed by atoms with van der Waals surface area (Å²) in [5.41, 5.74) is 2.02. The maximum absolute atomic E-state index is 12.5. The molecule has 0 bridgehead atoms. The Morgan fingerprint density at radius 3 is 2.53 bits per heavy atom. The predicted molar refractivity (Wildman–Crippen MR) is 121 cm³/mol. The number of aromatic amines is 1. The van der Waals surface area contributed by atoms with Gasteiger partial charge in [-0.3, -0.25) is 9.59 Å². The minimum Gasteiger partial charge on any atom is -0.497 e. The summed E-state index contributed by atoms with van der Waals surface area (Å²) < 4.78 is 10.7. The third-order valence-electron chi connectivity index (χ3n) is 6.56. The van der Waals surface area contributed by atoms with Crippen molar-refractivity contribution in [3.63, 3.8) is 0 Å². The Morgan fingerprint density at radius 2 is 1.91 bits per heavy atom. The number of hydrogen-bond acceptors (Lipinski definition) is 5. The first kappa shape index (κ1) is 22.3. The highest BCUT2D eigenvalue weighted by molar-refractivity contribution is 5.98. The molecule has 0 spiro atoms. The van der Waals surface area contributed by atoms with E-state index in [1.54, 1.807) is 14.2 Å². The van der Waals surface area contributed by atoms with E-state index in [9.17, 15) is 9.59 Å². The van der Waals surface area contributed by atoms with Gasteiger partial charge in [-0.05, 0) is 68.7 Å². The number of carbonyl (C=O) groups excluding carboxylic acids is 2. The van der Waals surface area contributed by atoms with Gasteiger partial charge in [-0.2, -0.15) is 0 Å². The normalized spacial score (nSPS) is 23.0. The van der Waals surface area contributed by atoms with Crippen molar-refractivity contribution in [3.8, 4) is 17.0 Å². The van der Waals surface area contributed by atoms with Crippen LogP contribution in [0.15, 0.2) is 24.3 Å². The minimum absolute atomic E-state index is 0.0232. The molecule has 1 saturated heterocycles. The molecular weight excluding hydrogens is 408 g/mol. The van der Waals surface area contributed by atoms with Crippen molar-refractivity contribution in [1.82, 2.24) is 20.6 Å². The summed E-state index contributed by atoms with van der Waals surface area (Å²) in [7, 11) is 3.25. The van der Waals surface area contributed by atoms with E-state index < -0.39 is 0 Å². The van der Waals surface area contributed by atoms with E-state index in [1.807, 2.05) is 24.3 Å². The fourth-order valence-electron chi connectivity index (χ4n) is 4.62. The molecule has 32 heavy (non-hydrogen) atoms. The summed E-state index contributed by atoms with van der Waals surface area (Å²) in [6.07, 6.45) is 5.50. The van der Waals surface area contributed by atoms with E-state index in [0.29, 0.717) is 30.5 Å². The van der Waals surface area contributed by atoms with Gasteiger partial charge >= 0.3 is 0 Å². The SMILES string of the molecule is CNC(=O)c1[nH]c(C2CCC(CNC(=O)[C@@H]3CCCO3)CC2)nc1-c1ccc(OC)cc1. The number of amides is 2. The van der Waals surface area contributed by atoms with Crippen LogP contribution in [0, 0.1) is 5.92 Å². The Balaban J connectivity index is 1.40. The van der Waals surface area contributed by atoms with Crippen LogP contribution in [0.2, 0.25) is 0 Å². The molecule has 1 aliphatic heterocycles. The van der Waals surface area contributed by atoms with Crippen molar-refractivity contribution in [1.29, 1.82) is 0 Å². The van der Waals surface area contributed by atoms with E-state index >= 15 is 0 Å². The Kier molecular flexibility index (Phi) is 7.09. The molecule has 1 aromatic carbocycles. The number of hydrogen-bond donors (Lipinski definition) is 3. The molecule has 1 atom stereocenters. The minimum atomic E-state index is -0.269. The number of ether oxygens (including phenoxy) is 2. The Bertz CT molecular complexity index is 926. The lowest BCUT2D eigenvalue weighted by atomic mass is 9.81. The van der Waals surface area contributed by atoms with Crippen LogP contribution in [0.3, 0.4) is 0 Å². The van der Waals surface area contributed by atoms with Crippen molar-refractivity contribution >= 4 is 11.8 Å². The molecule has 2 aliphatic rings. The molecule has 1 saturated carbocycles. The third-order valence-corrected chi connectivity index (χ3v) is 6.56. The van der Waals surface area contributed by atoms with Crippen LogP contribution in [0.1, 0.15) is 60.8 Å². The third kappa shape index (κ3) is 4.96. The molecule has 4 rings (SSSR count). The van der Waals surface area contributed by atoms with Crippen LogP contribution in [0.25, 0.3) is 11.3 Å². The highest BCUT2D eigenvalue weighted by Gasteiger charge is 2.29. The molecule has 1 aliphatic carbocycles. The number of aromatic nitrogens is 2. The van der Waals surface area contributed by atoms with Gasteiger partial charge in [-0.25, -0.2) is 4.98 Å². The van der Waals surface area contributed by atoms with Gasteiger partial charge in [0, 0.05) is 31.7 Å². The van der Waals surface area contributed by atoms with Gasteiger partial charge in [0.15, 0.2) is 0 Å². The molecule has 172 valence electrons. The second-order valence-corrected chi connectivity index (χ2v) is 8.62. The second kappa shape index (κ2) is 10.2. The molecule has 0 radical (unpaired) electrons. The molecule has 1 aromatic heterocycles. The Labute approximate surface area is 188 Å². The average molecular weight is 441 g/mol. The van der Waals surface area contributed by atoms with Gasteiger partial charge in [0.05, 0.1) is 7.11 Å². The molecular formula is C24H32N4O4. The van der Waals surface area contributed by atoms with Crippen molar-refractivity contribution in [2.24, 2.45) is 5.92 Å². The monoisotopic (exact) mass is 440 g/mol. The first-order chi connectivity index (χ1) is 15.6. The van der Waals surface area contributed by atoms with Crippen LogP contribution in [0.5, 0.6) is 5.75 Å². The number of methoxy groups -OCH3 is 1. The maximum atomic E-state index is 12.5. The number of carbonyl (C=O) groups is 2. The molecule has 2 fully saturated rings. The van der Waals surface area contributed by atoms with Crippen LogP contribution < -0.4 is 15.4 Å². The number of nitrogens with one attached hydrogen (secondary N) is 3. The second-order valence-electron chi connectivity index (χ2n) is 8.62. The Morgan fingerprint density at radius 1 is 1.16 bits per heavy atom.